The molecule has 0 aromatic heterocycles. The summed E-state index contributed by atoms with van der Waals surface area (Å²) in [4.78, 5) is 0. The maximum absolute atomic E-state index is 9.52. The molecule has 0 saturated carbocycles. The highest BCUT2D eigenvalue weighted by atomic mass is 79.9. The van der Waals surface area contributed by atoms with Crippen LogP contribution in [0.3, 0.4) is 0 Å². The van der Waals surface area contributed by atoms with Gasteiger partial charge in [0.05, 0.1) is 20.3 Å². The zero-order chi connectivity index (χ0) is 10.7. The lowest BCUT2D eigenvalue weighted by Crippen LogP contribution is -1.99. The quantitative estimate of drug-likeness (QED) is 0.908. The summed E-state index contributed by atoms with van der Waals surface area (Å²) < 4.78 is 11.2. The van der Waals surface area contributed by atoms with Gasteiger partial charge in [-0.2, -0.15) is 0 Å². The van der Waals surface area contributed by atoms with E-state index in [1.807, 2.05) is 6.07 Å². The van der Waals surface area contributed by atoms with Crippen molar-refractivity contribution < 1.29 is 14.6 Å². The highest BCUT2D eigenvalue weighted by Crippen LogP contribution is 2.37. The molecule has 0 aliphatic rings. The van der Waals surface area contributed by atoms with Crippen molar-refractivity contribution in [3.8, 4) is 11.5 Å². The number of aliphatic hydroxyl groups excluding tert-OH is 1. The summed E-state index contributed by atoms with van der Waals surface area (Å²) >= 11 is 3.34. The van der Waals surface area contributed by atoms with E-state index in [0.29, 0.717) is 17.1 Å². The van der Waals surface area contributed by atoms with E-state index in [1.54, 1.807) is 27.2 Å². The largest absolute Gasteiger partial charge is 0.493 e. The summed E-state index contributed by atoms with van der Waals surface area (Å²) in [6.07, 6.45) is -0.587. The molecule has 0 amide bonds. The molecular weight excluding hydrogens is 248 g/mol. The average Bonchev–Trinajstić information content (AvgIpc) is 2.16. The number of rotatable bonds is 3. The minimum Gasteiger partial charge on any atom is -0.493 e. The van der Waals surface area contributed by atoms with Gasteiger partial charge in [0, 0.05) is 10.0 Å². The van der Waals surface area contributed by atoms with Crippen LogP contribution in [-0.4, -0.2) is 19.3 Å². The van der Waals surface area contributed by atoms with Crippen molar-refractivity contribution >= 4 is 15.9 Å². The van der Waals surface area contributed by atoms with Gasteiger partial charge in [-0.1, -0.05) is 15.9 Å². The van der Waals surface area contributed by atoms with Gasteiger partial charge in [-0.3, -0.25) is 0 Å². The Morgan fingerprint density at radius 3 is 2.36 bits per heavy atom. The minimum atomic E-state index is -0.587. The molecule has 0 aliphatic carbocycles. The molecular formula is C10H13BrO3. The summed E-state index contributed by atoms with van der Waals surface area (Å²) in [6.45, 7) is 1.68. The third kappa shape index (κ3) is 2.19. The molecule has 0 radical (unpaired) electrons. The van der Waals surface area contributed by atoms with E-state index in [0.717, 1.165) is 4.47 Å². The minimum absolute atomic E-state index is 0.575. The summed E-state index contributed by atoms with van der Waals surface area (Å²) in [5.41, 5.74) is 0.707. The molecule has 3 nitrogen and oxygen atoms in total. The SMILES string of the molecule is COc1cc(Br)cc([C@@H](C)O)c1OC. The lowest BCUT2D eigenvalue weighted by Gasteiger charge is -2.15. The molecule has 1 atom stereocenters. The highest BCUT2D eigenvalue weighted by Gasteiger charge is 2.14. The Kier molecular flexibility index (Phi) is 3.77. The fraction of sp³-hybridized carbons (Fsp3) is 0.400. The lowest BCUT2D eigenvalue weighted by atomic mass is 10.1. The Labute approximate surface area is 91.8 Å². The van der Waals surface area contributed by atoms with Gasteiger partial charge in [-0.15, -0.1) is 0 Å². The second-order valence-corrected chi connectivity index (χ2v) is 3.82. The monoisotopic (exact) mass is 260 g/mol. The predicted molar refractivity (Wildman–Crippen MR) is 57.9 cm³/mol. The normalized spacial score (nSPS) is 12.4. The summed E-state index contributed by atoms with van der Waals surface area (Å²) in [7, 11) is 3.12. The van der Waals surface area contributed by atoms with Crippen LogP contribution in [0.5, 0.6) is 11.5 Å². The van der Waals surface area contributed by atoms with E-state index in [1.165, 1.54) is 0 Å². The first-order valence-corrected chi connectivity index (χ1v) is 4.99. The van der Waals surface area contributed by atoms with Crippen molar-refractivity contribution in [2.45, 2.75) is 13.0 Å². The molecule has 1 N–H and O–H groups in total. The molecule has 14 heavy (non-hydrogen) atoms. The molecule has 0 saturated heterocycles. The second-order valence-electron chi connectivity index (χ2n) is 2.91. The topological polar surface area (TPSA) is 38.7 Å². The number of methoxy groups -OCH3 is 2. The third-order valence-corrected chi connectivity index (χ3v) is 2.38. The van der Waals surface area contributed by atoms with Crippen molar-refractivity contribution in [3.63, 3.8) is 0 Å². The van der Waals surface area contributed by atoms with Crippen LogP contribution in [0.2, 0.25) is 0 Å². The van der Waals surface area contributed by atoms with Crippen molar-refractivity contribution in [2.24, 2.45) is 0 Å². The molecule has 0 fully saturated rings. The average molecular weight is 261 g/mol. The molecule has 0 unspecified atom stereocenters. The van der Waals surface area contributed by atoms with Crippen LogP contribution in [-0.2, 0) is 0 Å². The van der Waals surface area contributed by atoms with Gasteiger partial charge in [0.1, 0.15) is 0 Å². The fourth-order valence-electron chi connectivity index (χ4n) is 1.27. The predicted octanol–water partition coefficient (Wildman–Crippen LogP) is 2.52. The number of benzene rings is 1. The van der Waals surface area contributed by atoms with E-state index < -0.39 is 6.10 Å². The molecule has 4 heteroatoms. The van der Waals surface area contributed by atoms with E-state index in [2.05, 4.69) is 15.9 Å². The van der Waals surface area contributed by atoms with Crippen molar-refractivity contribution in [2.75, 3.05) is 14.2 Å². The maximum Gasteiger partial charge on any atom is 0.166 e. The van der Waals surface area contributed by atoms with Crippen LogP contribution in [0.15, 0.2) is 16.6 Å². The van der Waals surface area contributed by atoms with Crippen LogP contribution in [0.4, 0.5) is 0 Å². The molecule has 0 spiro atoms. The van der Waals surface area contributed by atoms with E-state index in [9.17, 15) is 5.11 Å². The van der Waals surface area contributed by atoms with Gasteiger partial charge in [-0.25, -0.2) is 0 Å². The third-order valence-electron chi connectivity index (χ3n) is 1.92. The van der Waals surface area contributed by atoms with Gasteiger partial charge in [0.25, 0.3) is 0 Å². The zero-order valence-electron chi connectivity index (χ0n) is 8.37. The smallest absolute Gasteiger partial charge is 0.166 e. The molecule has 1 rings (SSSR count). The Bertz CT molecular complexity index is 323. The molecule has 0 aliphatic heterocycles. The molecule has 78 valence electrons. The number of hydrogen-bond donors (Lipinski definition) is 1. The van der Waals surface area contributed by atoms with Crippen molar-refractivity contribution in [1.29, 1.82) is 0 Å². The van der Waals surface area contributed by atoms with Crippen LogP contribution < -0.4 is 9.47 Å². The fourth-order valence-corrected chi connectivity index (χ4v) is 1.72. The molecule has 0 bridgehead atoms. The van der Waals surface area contributed by atoms with Crippen LogP contribution >= 0.6 is 15.9 Å². The second kappa shape index (κ2) is 4.66. The zero-order valence-corrected chi connectivity index (χ0v) is 9.96. The molecule has 0 heterocycles. The Morgan fingerprint density at radius 2 is 1.93 bits per heavy atom. The van der Waals surface area contributed by atoms with Crippen LogP contribution in [0, 0.1) is 0 Å². The molecule has 1 aromatic rings. The van der Waals surface area contributed by atoms with E-state index in [-0.39, 0.29) is 0 Å². The Balaban J connectivity index is 3.31. The van der Waals surface area contributed by atoms with Gasteiger partial charge in [0.2, 0.25) is 0 Å². The highest BCUT2D eigenvalue weighted by molar-refractivity contribution is 9.10. The number of hydrogen-bond acceptors (Lipinski definition) is 3. The summed E-state index contributed by atoms with van der Waals surface area (Å²) in [5.74, 6) is 1.18. The van der Waals surface area contributed by atoms with Crippen LogP contribution in [0.25, 0.3) is 0 Å². The standard InChI is InChI=1S/C10H13BrO3/c1-6(12)8-4-7(11)5-9(13-2)10(8)14-3/h4-6,12H,1-3H3/t6-/m1/s1. The van der Waals surface area contributed by atoms with E-state index in [4.69, 9.17) is 9.47 Å². The first-order chi connectivity index (χ1) is 6.60. The van der Waals surface area contributed by atoms with Crippen molar-refractivity contribution in [1.82, 2.24) is 0 Å². The van der Waals surface area contributed by atoms with Gasteiger partial charge in [-0.05, 0) is 19.1 Å². The van der Waals surface area contributed by atoms with Gasteiger partial charge >= 0.3 is 0 Å². The number of aliphatic hydroxyl groups is 1. The number of ether oxygens (including phenoxy) is 2. The first kappa shape index (κ1) is 11.3. The maximum atomic E-state index is 9.52. The van der Waals surface area contributed by atoms with Gasteiger partial charge < -0.3 is 14.6 Å². The Hall–Kier alpha value is -0.740. The number of halogens is 1. The Morgan fingerprint density at radius 1 is 1.29 bits per heavy atom. The van der Waals surface area contributed by atoms with Gasteiger partial charge in [0.15, 0.2) is 11.5 Å². The lowest BCUT2D eigenvalue weighted by molar-refractivity contribution is 0.193. The van der Waals surface area contributed by atoms with Crippen LogP contribution in [0.1, 0.15) is 18.6 Å². The summed E-state index contributed by atoms with van der Waals surface area (Å²) in [6, 6.07) is 3.61. The van der Waals surface area contributed by atoms with Crippen molar-refractivity contribution in [3.05, 3.63) is 22.2 Å². The summed E-state index contributed by atoms with van der Waals surface area (Å²) in [5, 5.41) is 9.52. The first-order valence-electron chi connectivity index (χ1n) is 4.19. The van der Waals surface area contributed by atoms with E-state index >= 15 is 0 Å². The molecule has 1 aromatic carbocycles.